The molecule has 2 N–H and O–H groups in total. The summed E-state index contributed by atoms with van der Waals surface area (Å²) in [5.41, 5.74) is -0.272. The molecular formula is C12H16O3S. The summed E-state index contributed by atoms with van der Waals surface area (Å²) in [6.45, 7) is 2.08. The zero-order valence-electron chi connectivity index (χ0n) is 9.32. The average Bonchev–Trinajstić information content (AvgIpc) is 2.61. The first-order chi connectivity index (χ1) is 7.55. The minimum Gasteiger partial charge on any atom is -0.481 e. The van der Waals surface area contributed by atoms with Gasteiger partial charge in [0.1, 0.15) is 5.60 Å². The number of aryl methyl sites for hydroxylation is 2. The first-order valence-electron chi connectivity index (χ1n) is 5.61. The predicted molar refractivity (Wildman–Crippen MR) is 62.8 cm³/mol. The number of rotatable bonds is 3. The van der Waals surface area contributed by atoms with Crippen molar-refractivity contribution in [3.8, 4) is 0 Å². The van der Waals surface area contributed by atoms with Crippen LogP contribution in [0.25, 0.3) is 0 Å². The highest BCUT2D eigenvalue weighted by Crippen LogP contribution is 2.42. The Morgan fingerprint density at radius 1 is 1.62 bits per heavy atom. The normalized spacial score (nSPS) is 24.1. The van der Waals surface area contributed by atoms with E-state index < -0.39 is 11.6 Å². The molecule has 0 aliphatic heterocycles. The predicted octanol–water partition coefficient (Wildman–Crippen LogP) is 2.31. The molecule has 0 amide bonds. The van der Waals surface area contributed by atoms with Gasteiger partial charge in [-0.25, -0.2) is 0 Å². The molecule has 0 saturated heterocycles. The van der Waals surface area contributed by atoms with Gasteiger partial charge in [0.2, 0.25) is 0 Å². The molecule has 1 aromatic rings. The van der Waals surface area contributed by atoms with E-state index in [1.807, 2.05) is 6.07 Å². The second-order valence-electron chi connectivity index (χ2n) is 4.36. The van der Waals surface area contributed by atoms with Gasteiger partial charge in [0, 0.05) is 9.75 Å². The minimum absolute atomic E-state index is 0.181. The van der Waals surface area contributed by atoms with Crippen LogP contribution < -0.4 is 0 Å². The molecule has 4 heteroatoms. The molecule has 1 unspecified atom stereocenters. The van der Waals surface area contributed by atoms with Crippen LogP contribution in [-0.2, 0) is 23.2 Å². The molecule has 0 fully saturated rings. The maximum atomic E-state index is 10.8. The van der Waals surface area contributed by atoms with Gasteiger partial charge in [-0.2, -0.15) is 0 Å². The Bertz CT molecular complexity index is 410. The lowest BCUT2D eigenvalue weighted by molar-refractivity contribution is -0.143. The molecule has 0 aromatic carbocycles. The van der Waals surface area contributed by atoms with Crippen LogP contribution in [0, 0.1) is 0 Å². The number of fused-ring (bicyclic) bond motifs is 1. The van der Waals surface area contributed by atoms with Gasteiger partial charge in [0.15, 0.2) is 0 Å². The number of thiophene rings is 1. The molecule has 1 heterocycles. The fourth-order valence-electron chi connectivity index (χ4n) is 2.35. The molecule has 0 bridgehead atoms. The van der Waals surface area contributed by atoms with Crippen molar-refractivity contribution in [2.45, 2.75) is 44.6 Å². The molecule has 1 atom stereocenters. The number of carboxylic acid groups (broad SMARTS) is 1. The maximum absolute atomic E-state index is 10.8. The summed E-state index contributed by atoms with van der Waals surface area (Å²) in [6.07, 6.45) is 3.18. The van der Waals surface area contributed by atoms with Gasteiger partial charge < -0.3 is 10.2 Å². The third-order valence-corrected chi connectivity index (χ3v) is 4.49. The molecule has 0 radical (unpaired) electrons. The average molecular weight is 240 g/mol. The van der Waals surface area contributed by atoms with E-state index in [0.29, 0.717) is 6.42 Å². The van der Waals surface area contributed by atoms with E-state index in [9.17, 15) is 9.90 Å². The Labute approximate surface area is 98.7 Å². The van der Waals surface area contributed by atoms with Crippen molar-refractivity contribution in [1.82, 2.24) is 0 Å². The van der Waals surface area contributed by atoms with Crippen LogP contribution in [0.5, 0.6) is 0 Å². The van der Waals surface area contributed by atoms with Gasteiger partial charge in [-0.15, -0.1) is 11.3 Å². The summed E-state index contributed by atoms with van der Waals surface area (Å²) in [4.78, 5) is 13.2. The summed E-state index contributed by atoms with van der Waals surface area (Å²) >= 11 is 1.71. The van der Waals surface area contributed by atoms with Crippen LogP contribution >= 0.6 is 11.3 Å². The van der Waals surface area contributed by atoms with E-state index >= 15 is 0 Å². The fourth-order valence-corrected chi connectivity index (χ4v) is 3.59. The molecule has 1 aliphatic rings. The van der Waals surface area contributed by atoms with Crippen LogP contribution in [-0.4, -0.2) is 16.2 Å². The van der Waals surface area contributed by atoms with E-state index in [1.165, 1.54) is 9.75 Å². The monoisotopic (exact) mass is 240 g/mol. The van der Waals surface area contributed by atoms with Gasteiger partial charge in [-0.1, -0.05) is 6.92 Å². The second kappa shape index (κ2) is 4.18. The van der Waals surface area contributed by atoms with Crippen molar-refractivity contribution in [2.75, 3.05) is 0 Å². The molecule has 0 spiro atoms. The standard InChI is InChI=1S/C12H16O3S/c1-2-8-6-9-10(16-8)4-3-5-12(9,15)7-11(13)14/h6,15H,2-5,7H2,1H3,(H,13,14). The van der Waals surface area contributed by atoms with Crippen LogP contribution in [0.1, 0.15) is 41.5 Å². The lowest BCUT2D eigenvalue weighted by Crippen LogP contribution is -2.32. The van der Waals surface area contributed by atoms with Crippen LogP contribution in [0.3, 0.4) is 0 Å². The number of carboxylic acids is 1. The zero-order chi connectivity index (χ0) is 11.8. The topological polar surface area (TPSA) is 57.5 Å². The highest BCUT2D eigenvalue weighted by molar-refractivity contribution is 7.12. The number of aliphatic hydroxyl groups is 1. The highest BCUT2D eigenvalue weighted by atomic mass is 32.1. The van der Waals surface area contributed by atoms with Gasteiger partial charge in [-0.3, -0.25) is 4.79 Å². The Morgan fingerprint density at radius 2 is 2.38 bits per heavy atom. The third-order valence-electron chi connectivity index (χ3n) is 3.15. The van der Waals surface area contributed by atoms with Gasteiger partial charge in [0.05, 0.1) is 6.42 Å². The van der Waals surface area contributed by atoms with Gasteiger partial charge >= 0.3 is 5.97 Å². The van der Waals surface area contributed by atoms with Crippen LogP contribution in [0.4, 0.5) is 0 Å². The fraction of sp³-hybridized carbons (Fsp3) is 0.583. The summed E-state index contributed by atoms with van der Waals surface area (Å²) in [5.74, 6) is -0.931. The first-order valence-corrected chi connectivity index (χ1v) is 6.43. The van der Waals surface area contributed by atoms with Crippen molar-refractivity contribution in [1.29, 1.82) is 0 Å². The summed E-state index contributed by atoms with van der Waals surface area (Å²) in [6, 6.07) is 1.99. The highest BCUT2D eigenvalue weighted by Gasteiger charge is 2.37. The summed E-state index contributed by atoms with van der Waals surface area (Å²) in [7, 11) is 0. The van der Waals surface area contributed by atoms with E-state index in [2.05, 4.69) is 6.92 Å². The number of hydrogen-bond acceptors (Lipinski definition) is 3. The smallest absolute Gasteiger partial charge is 0.306 e. The van der Waals surface area contributed by atoms with Crippen molar-refractivity contribution in [2.24, 2.45) is 0 Å². The molecule has 0 saturated carbocycles. The minimum atomic E-state index is -1.14. The Kier molecular flexibility index (Phi) is 3.04. The van der Waals surface area contributed by atoms with Crippen molar-refractivity contribution in [3.05, 3.63) is 21.4 Å². The van der Waals surface area contributed by atoms with E-state index in [1.54, 1.807) is 11.3 Å². The maximum Gasteiger partial charge on any atom is 0.306 e. The molecule has 1 aromatic heterocycles. The van der Waals surface area contributed by atoms with Crippen molar-refractivity contribution >= 4 is 17.3 Å². The Morgan fingerprint density at radius 3 is 3.00 bits per heavy atom. The Hall–Kier alpha value is -0.870. The van der Waals surface area contributed by atoms with Crippen LogP contribution in [0.2, 0.25) is 0 Å². The molecule has 2 rings (SSSR count). The van der Waals surface area contributed by atoms with E-state index in [0.717, 1.165) is 24.8 Å². The largest absolute Gasteiger partial charge is 0.481 e. The zero-order valence-corrected chi connectivity index (χ0v) is 10.1. The second-order valence-corrected chi connectivity index (χ2v) is 5.58. The first kappa shape index (κ1) is 11.6. The lowest BCUT2D eigenvalue weighted by Gasteiger charge is -2.31. The van der Waals surface area contributed by atoms with E-state index in [-0.39, 0.29) is 6.42 Å². The van der Waals surface area contributed by atoms with Crippen LogP contribution in [0.15, 0.2) is 6.07 Å². The van der Waals surface area contributed by atoms with Crippen molar-refractivity contribution in [3.63, 3.8) is 0 Å². The van der Waals surface area contributed by atoms with Gasteiger partial charge in [0.25, 0.3) is 0 Å². The third kappa shape index (κ3) is 1.99. The number of carbonyl (C=O) groups is 1. The van der Waals surface area contributed by atoms with E-state index in [4.69, 9.17) is 5.11 Å². The molecule has 1 aliphatic carbocycles. The molecule has 88 valence electrons. The Balaban J connectivity index is 2.38. The summed E-state index contributed by atoms with van der Waals surface area (Å²) in [5, 5.41) is 19.3. The molecule has 16 heavy (non-hydrogen) atoms. The van der Waals surface area contributed by atoms with Gasteiger partial charge in [-0.05, 0) is 37.3 Å². The SMILES string of the molecule is CCc1cc2c(s1)CCCC2(O)CC(=O)O. The quantitative estimate of drug-likeness (QED) is 0.852. The summed E-state index contributed by atoms with van der Waals surface area (Å²) < 4.78 is 0. The number of hydrogen-bond donors (Lipinski definition) is 2. The number of aliphatic carboxylic acids is 1. The lowest BCUT2D eigenvalue weighted by atomic mass is 9.81. The molecular weight excluding hydrogens is 224 g/mol. The molecule has 3 nitrogen and oxygen atoms in total. The van der Waals surface area contributed by atoms with Crippen molar-refractivity contribution < 1.29 is 15.0 Å².